The van der Waals surface area contributed by atoms with Crippen LogP contribution in [0.4, 0.5) is 0 Å². The van der Waals surface area contributed by atoms with E-state index in [1.807, 2.05) is 6.92 Å². The average molecular weight is 206 g/mol. The molecule has 0 bridgehead atoms. The van der Waals surface area contributed by atoms with Gasteiger partial charge in [-0.2, -0.15) is 0 Å². The van der Waals surface area contributed by atoms with Gasteiger partial charge in [-0.25, -0.2) is 0 Å². The quantitative estimate of drug-likeness (QED) is 0.661. The van der Waals surface area contributed by atoms with E-state index in [1.54, 1.807) is 11.5 Å². The smallest absolute Gasteiger partial charge is 0.0452 e. The molecular weight excluding hydrogens is 192 g/mol. The summed E-state index contributed by atoms with van der Waals surface area (Å²) in [6.45, 7) is 5.24. The molecule has 0 heterocycles. The zero-order valence-corrected chi connectivity index (χ0v) is 8.83. The summed E-state index contributed by atoms with van der Waals surface area (Å²) in [5, 5.41) is 3.06. The van der Waals surface area contributed by atoms with Crippen LogP contribution in [0, 0.1) is 0 Å². The molecule has 0 rings (SSSR count). The van der Waals surface area contributed by atoms with Crippen LogP contribution in [0.2, 0.25) is 0 Å². The van der Waals surface area contributed by atoms with Gasteiger partial charge in [-0.1, -0.05) is 12.7 Å². The minimum absolute atomic E-state index is 0.562. The molecule has 0 aromatic carbocycles. The zero-order valence-electron chi connectivity index (χ0n) is 7.19. The Bertz CT molecular complexity index is 209. The second-order valence-corrected chi connectivity index (χ2v) is 5.10. The van der Waals surface area contributed by atoms with Crippen molar-refractivity contribution in [1.82, 2.24) is 0 Å². The lowest BCUT2D eigenvalue weighted by Crippen LogP contribution is -2.00. The Balaban J connectivity index is 3.49. The fourth-order valence-corrected chi connectivity index (χ4v) is 2.29. The second kappa shape index (κ2) is 7.43. The van der Waals surface area contributed by atoms with E-state index in [2.05, 4.69) is 6.58 Å². The molecule has 12 heavy (non-hydrogen) atoms. The predicted octanol–water partition coefficient (Wildman–Crippen LogP) is 1.55. The summed E-state index contributed by atoms with van der Waals surface area (Å²) in [5.41, 5.74) is 0. The van der Waals surface area contributed by atoms with Gasteiger partial charge in [0.2, 0.25) is 0 Å². The Labute approximate surface area is 78.7 Å². The van der Waals surface area contributed by atoms with Crippen molar-refractivity contribution in [3.05, 3.63) is 23.5 Å². The average Bonchev–Trinajstić information content (AvgIpc) is 2.04. The van der Waals surface area contributed by atoms with Crippen LogP contribution in [0.1, 0.15) is 13.3 Å². The van der Waals surface area contributed by atoms with Gasteiger partial charge >= 0.3 is 0 Å². The van der Waals surface area contributed by atoms with Crippen molar-refractivity contribution in [2.24, 2.45) is 0 Å². The maximum Gasteiger partial charge on any atom is 0.0452 e. The van der Waals surface area contributed by atoms with Crippen molar-refractivity contribution in [3.8, 4) is 0 Å². The van der Waals surface area contributed by atoms with Crippen LogP contribution in [-0.2, 0) is 21.6 Å². The SMILES string of the molecule is C=CS(=O)CCCS(=O)C=CC. The largest absolute Gasteiger partial charge is 0.255 e. The van der Waals surface area contributed by atoms with Crippen molar-refractivity contribution in [2.45, 2.75) is 13.3 Å². The van der Waals surface area contributed by atoms with Crippen molar-refractivity contribution < 1.29 is 8.42 Å². The van der Waals surface area contributed by atoms with E-state index < -0.39 is 21.6 Å². The predicted molar refractivity (Wildman–Crippen MR) is 55.6 cm³/mol. The second-order valence-electron chi connectivity index (χ2n) is 2.16. The molecule has 0 aromatic rings. The Kier molecular flexibility index (Phi) is 7.29. The third-order valence-corrected chi connectivity index (χ3v) is 3.49. The summed E-state index contributed by atoms with van der Waals surface area (Å²) >= 11 is 0. The van der Waals surface area contributed by atoms with E-state index in [0.29, 0.717) is 11.5 Å². The van der Waals surface area contributed by atoms with Crippen LogP contribution in [-0.4, -0.2) is 19.9 Å². The van der Waals surface area contributed by atoms with Gasteiger partial charge in [-0.3, -0.25) is 8.42 Å². The number of allylic oxidation sites excluding steroid dienone is 1. The Morgan fingerprint density at radius 2 is 1.83 bits per heavy atom. The van der Waals surface area contributed by atoms with E-state index >= 15 is 0 Å². The van der Waals surface area contributed by atoms with Crippen molar-refractivity contribution in [3.63, 3.8) is 0 Å². The van der Waals surface area contributed by atoms with Crippen LogP contribution in [0.5, 0.6) is 0 Å². The van der Waals surface area contributed by atoms with Gasteiger partial charge in [0.05, 0.1) is 0 Å². The highest BCUT2D eigenvalue weighted by atomic mass is 32.2. The van der Waals surface area contributed by atoms with E-state index in [4.69, 9.17) is 0 Å². The van der Waals surface area contributed by atoms with E-state index in [9.17, 15) is 8.42 Å². The van der Waals surface area contributed by atoms with Crippen molar-refractivity contribution in [2.75, 3.05) is 11.5 Å². The summed E-state index contributed by atoms with van der Waals surface area (Å²) in [7, 11) is -1.83. The highest BCUT2D eigenvalue weighted by molar-refractivity contribution is 7.88. The van der Waals surface area contributed by atoms with Gasteiger partial charge in [0.1, 0.15) is 0 Å². The first-order valence-corrected chi connectivity index (χ1v) is 6.47. The molecule has 0 N–H and O–H groups in total. The maximum atomic E-state index is 11.0. The monoisotopic (exact) mass is 206 g/mol. The molecule has 2 unspecified atom stereocenters. The summed E-state index contributed by atoms with van der Waals surface area (Å²) in [5.74, 6) is 1.15. The maximum absolute atomic E-state index is 11.0. The molecule has 0 aliphatic rings. The third-order valence-electron chi connectivity index (χ3n) is 1.16. The molecule has 2 nitrogen and oxygen atoms in total. The molecule has 0 fully saturated rings. The Morgan fingerprint density at radius 3 is 2.33 bits per heavy atom. The Hall–Kier alpha value is -0.220. The highest BCUT2D eigenvalue weighted by Gasteiger charge is 1.96. The molecule has 4 heteroatoms. The molecule has 0 aliphatic carbocycles. The fraction of sp³-hybridized carbons (Fsp3) is 0.500. The lowest BCUT2D eigenvalue weighted by molar-refractivity contribution is 0.684. The van der Waals surface area contributed by atoms with E-state index in [0.717, 1.165) is 6.42 Å². The normalized spacial score (nSPS) is 16.1. The van der Waals surface area contributed by atoms with Gasteiger partial charge < -0.3 is 0 Å². The fourth-order valence-electron chi connectivity index (χ4n) is 0.647. The number of hydrogen-bond donors (Lipinski definition) is 0. The molecule has 0 saturated carbocycles. The number of rotatable bonds is 6. The minimum Gasteiger partial charge on any atom is -0.255 e. The lowest BCUT2D eigenvalue weighted by Gasteiger charge is -1.94. The topological polar surface area (TPSA) is 34.1 Å². The highest BCUT2D eigenvalue weighted by Crippen LogP contribution is 1.93. The molecule has 0 spiro atoms. The molecule has 0 aromatic heterocycles. The molecular formula is C8H14O2S2. The van der Waals surface area contributed by atoms with Crippen LogP contribution in [0.3, 0.4) is 0 Å². The lowest BCUT2D eigenvalue weighted by atomic mass is 10.6. The van der Waals surface area contributed by atoms with E-state index in [-0.39, 0.29) is 0 Å². The van der Waals surface area contributed by atoms with Gasteiger partial charge in [0.15, 0.2) is 0 Å². The summed E-state index contributed by atoms with van der Waals surface area (Å²) in [6.07, 6.45) is 2.48. The zero-order chi connectivity index (χ0) is 9.40. The summed E-state index contributed by atoms with van der Waals surface area (Å²) in [6, 6.07) is 0. The molecule has 0 aliphatic heterocycles. The molecule has 0 saturated heterocycles. The Morgan fingerprint density at radius 1 is 1.25 bits per heavy atom. The van der Waals surface area contributed by atoms with Crippen LogP contribution in [0.15, 0.2) is 23.5 Å². The van der Waals surface area contributed by atoms with Crippen molar-refractivity contribution >= 4 is 21.6 Å². The standard InChI is InChI=1S/C8H14O2S2/c1-3-6-12(10)8-5-7-11(9)4-2/h3-4,6H,2,5,7-8H2,1H3. The van der Waals surface area contributed by atoms with Crippen molar-refractivity contribution in [1.29, 1.82) is 0 Å². The van der Waals surface area contributed by atoms with Gasteiger partial charge in [0.25, 0.3) is 0 Å². The molecule has 2 atom stereocenters. The first-order chi connectivity index (χ1) is 5.70. The van der Waals surface area contributed by atoms with Crippen LogP contribution < -0.4 is 0 Å². The van der Waals surface area contributed by atoms with Gasteiger partial charge in [0, 0.05) is 33.1 Å². The van der Waals surface area contributed by atoms with Crippen LogP contribution in [0.25, 0.3) is 0 Å². The number of hydrogen-bond acceptors (Lipinski definition) is 2. The molecule has 0 amide bonds. The van der Waals surface area contributed by atoms with E-state index in [1.165, 1.54) is 5.41 Å². The minimum atomic E-state index is -0.942. The summed E-state index contributed by atoms with van der Waals surface area (Å²) < 4.78 is 21.8. The molecule has 0 radical (unpaired) electrons. The van der Waals surface area contributed by atoms with Gasteiger partial charge in [-0.05, 0) is 24.2 Å². The summed E-state index contributed by atoms with van der Waals surface area (Å²) in [4.78, 5) is 0. The molecule has 70 valence electrons. The van der Waals surface area contributed by atoms with Gasteiger partial charge in [-0.15, -0.1) is 0 Å². The first kappa shape index (κ1) is 11.8. The first-order valence-electron chi connectivity index (χ1n) is 3.70. The third kappa shape index (κ3) is 6.49. The van der Waals surface area contributed by atoms with Crippen LogP contribution >= 0.6 is 0 Å².